The molecule has 0 saturated carbocycles. The van der Waals surface area contributed by atoms with Crippen molar-refractivity contribution in [2.24, 2.45) is 0 Å². The van der Waals surface area contributed by atoms with Gasteiger partial charge in [-0.25, -0.2) is 4.57 Å². The van der Waals surface area contributed by atoms with Crippen molar-refractivity contribution in [3.8, 4) is 17.0 Å². The van der Waals surface area contributed by atoms with Crippen molar-refractivity contribution < 1.29 is 18.9 Å². The zero-order valence-corrected chi connectivity index (χ0v) is 8.83. The number of nitrogens with one attached hydrogen (secondary N) is 1. The third-order valence-corrected chi connectivity index (χ3v) is 2.24. The van der Waals surface area contributed by atoms with E-state index < -0.39 is 7.82 Å². The molecule has 0 spiro atoms. The predicted molar refractivity (Wildman–Crippen MR) is 54.5 cm³/mol. The number of H-pyrrole nitrogens is 1. The summed E-state index contributed by atoms with van der Waals surface area (Å²) in [6.45, 7) is 0. The van der Waals surface area contributed by atoms with Crippen LogP contribution in [0, 0.1) is 0 Å². The van der Waals surface area contributed by atoms with Crippen molar-refractivity contribution in [1.82, 2.24) is 15.4 Å². The molecule has 0 atom stereocenters. The third-order valence-electron chi connectivity index (χ3n) is 1.79. The average Bonchev–Trinajstić information content (AvgIpc) is 2.69. The maximum absolute atomic E-state index is 10.6. The minimum atomic E-state index is -4.50. The summed E-state index contributed by atoms with van der Waals surface area (Å²) in [4.78, 5) is 17.2. The quantitative estimate of drug-likeness (QED) is 0.690. The topological polar surface area (TPSA) is 108 Å². The first-order valence-electron chi connectivity index (χ1n) is 4.26. The minimum absolute atomic E-state index is 0.0978. The van der Waals surface area contributed by atoms with Crippen LogP contribution in [0.2, 0.25) is 0 Å². The van der Waals surface area contributed by atoms with E-state index in [2.05, 4.69) is 19.9 Å². The molecule has 84 valence electrons. The molecule has 0 bridgehead atoms. The molecule has 1 heterocycles. The molecule has 2 rings (SSSR count). The van der Waals surface area contributed by atoms with E-state index in [1.807, 2.05) is 0 Å². The van der Waals surface area contributed by atoms with Gasteiger partial charge in [0.2, 0.25) is 0 Å². The van der Waals surface area contributed by atoms with Crippen molar-refractivity contribution in [1.29, 1.82) is 0 Å². The number of aromatic nitrogens is 3. The van der Waals surface area contributed by atoms with E-state index in [4.69, 9.17) is 9.79 Å². The molecule has 2 aromatic rings. The van der Waals surface area contributed by atoms with Gasteiger partial charge in [0.05, 0.1) is 6.20 Å². The lowest BCUT2D eigenvalue weighted by Gasteiger charge is -2.06. The van der Waals surface area contributed by atoms with Crippen LogP contribution in [0.4, 0.5) is 0 Å². The number of hydrogen-bond donors (Lipinski definition) is 3. The molecule has 16 heavy (non-hydrogen) atoms. The van der Waals surface area contributed by atoms with E-state index >= 15 is 0 Å². The summed E-state index contributed by atoms with van der Waals surface area (Å²) in [5.41, 5.74) is 1.41. The van der Waals surface area contributed by atoms with Gasteiger partial charge >= 0.3 is 7.82 Å². The highest BCUT2D eigenvalue weighted by molar-refractivity contribution is 7.46. The van der Waals surface area contributed by atoms with E-state index in [-0.39, 0.29) is 5.75 Å². The molecule has 0 radical (unpaired) electrons. The third kappa shape index (κ3) is 2.66. The average molecular weight is 241 g/mol. The number of hydrogen-bond acceptors (Lipinski definition) is 4. The van der Waals surface area contributed by atoms with Crippen LogP contribution in [-0.2, 0) is 4.57 Å². The van der Waals surface area contributed by atoms with Crippen molar-refractivity contribution in [2.45, 2.75) is 0 Å². The second kappa shape index (κ2) is 4.05. The fourth-order valence-corrected chi connectivity index (χ4v) is 1.56. The fourth-order valence-electron chi connectivity index (χ4n) is 1.16. The Kier molecular flexibility index (Phi) is 2.74. The van der Waals surface area contributed by atoms with Crippen molar-refractivity contribution in [3.05, 3.63) is 30.5 Å². The van der Waals surface area contributed by atoms with Gasteiger partial charge in [-0.1, -0.05) is 0 Å². The Morgan fingerprint density at radius 3 is 2.44 bits per heavy atom. The largest absolute Gasteiger partial charge is 0.524 e. The molecule has 7 nitrogen and oxygen atoms in total. The van der Waals surface area contributed by atoms with Crippen LogP contribution in [0.25, 0.3) is 11.3 Å². The van der Waals surface area contributed by atoms with Crippen LogP contribution in [0.3, 0.4) is 0 Å². The van der Waals surface area contributed by atoms with Crippen LogP contribution in [0.1, 0.15) is 0 Å². The van der Waals surface area contributed by atoms with Crippen molar-refractivity contribution in [3.63, 3.8) is 0 Å². The first-order valence-corrected chi connectivity index (χ1v) is 5.79. The molecule has 0 aliphatic heterocycles. The molecule has 0 aliphatic carbocycles. The van der Waals surface area contributed by atoms with Crippen LogP contribution < -0.4 is 4.52 Å². The van der Waals surface area contributed by atoms with Gasteiger partial charge in [0.15, 0.2) is 0 Å². The first-order chi connectivity index (χ1) is 7.54. The molecule has 0 saturated heterocycles. The summed E-state index contributed by atoms with van der Waals surface area (Å²) in [5.74, 6) is 0.0978. The zero-order chi connectivity index (χ0) is 11.6. The number of phosphoric acid groups is 1. The van der Waals surface area contributed by atoms with Gasteiger partial charge in [-0.3, -0.25) is 9.79 Å². The molecule has 8 heteroatoms. The Balaban J connectivity index is 2.20. The first kappa shape index (κ1) is 10.8. The van der Waals surface area contributed by atoms with E-state index in [1.165, 1.54) is 12.1 Å². The molecular formula is C8H8N3O4P. The molecule has 0 unspecified atom stereocenters. The second-order valence-electron chi connectivity index (χ2n) is 2.96. The van der Waals surface area contributed by atoms with Gasteiger partial charge in [-0.2, -0.15) is 15.4 Å². The van der Waals surface area contributed by atoms with Crippen molar-refractivity contribution in [2.75, 3.05) is 0 Å². The molecule has 0 aliphatic rings. The highest BCUT2D eigenvalue weighted by Gasteiger charge is 2.15. The monoisotopic (exact) mass is 241 g/mol. The van der Waals surface area contributed by atoms with E-state index in [1.54, 1.807) is 18.3 Å². The van der Waals surface area contributed by atoms with E-state index in [0.29, 0.717) is 5.69 Å². The second-order valence-corrected chi connectivity index (χ2v) is 4.13. The number of phosphoric ester groups is 1. The lowest BCUT2D eigenvalue weighted by Crippen LogP contribution is -1.89. The standard InChI is InChI=1S/C8H8N3O4P/c12-16(13,14)15-7-3-1-6(2-4-7)8-5-9-11-10-8/h1-5H,(H,9,10,11)(H2,12,13,14). The van der Waals surface area contributed by atoms with Gasteiger partial charge in [0.1, 0.15) is 11.4 Å². The maximum Gasteiger partial charge on any atom is 0.524 e. The van der Waals surface area contributed by atoms with Gasteiger partial charge in [-0.15, -0.1) is 0 Å². The van der Waals surface area contributed by atoms with Gasteiger partial charge in [0.25, 0.3) is 0 Å². The number of benzene rings is 1. The van der Waals surface area contributed by atoms with Gasteiger partial charge in [0, 0.05) is 5.56 Å². The Labute approximate surface area is 90.3 Å². The normalized spacial score (nSPS) is 11.4. The zero-order valence-electron chi connectivity index (χ0n) is 7.94. The summed E-state index contributed by atoms with van der Waals surface area (Å²) in [6, 6.07) is 6.15. The Bertz CT molecular complexity index is 505. The smallest absolute Gasteiger partial charge is 0.404 e. The van der Waals surface area contributed by atoms with Gasteiger partial charge < -0.3 is 4.52 Å². The van der Waals surface area contributed by atoms with Crippen LogP contribution in [0.5, 0.6) is 5.75 Å². The minimum Gasteiger partial charge on any atom is -0.404 e. The summed E-state index contributed by atoms with van der Waals surface area (Å²) in [7, 11) is -4.50. The summed E-state index contributed by atoms with van der Waals surface area (Å²) in [5, 5.41) is 9.97. The lowest BCUT2D eigenvalue weighted by molar-refractivity contribution is 0.283. The van der Waals surface area contributed by atoms with Crippen LogP contribution in [0.15, 0.2) is 30.5 Å². The summed E-state index contributed by atoms with van der Waals surface area (Å²) >= 11 is 0. The Hall–Kier alpha value is -1.69. The molecule has 1 aromatic carbocycles. The molecule has 0 amide bonds. The predicted octanol–water partition coefficient (Wildman–Crippen LogP) is 0.943. The van der Waals surface area contributed by atoms with Gasteiger partial charge in [-0.05, 0) is 24.3 Å². The SMILES string of the molecule is O=P(O)(O)Oc1ccc(-c2cn[nH]n2)cc1. The lowest BCUT2D eigenvalue weighted by atomic mass is 10.2. The Morgan fingerprint density at radius 1 is 1.25 bits per heavy atom. The molecular weight excluding hydrogens is 233 g/mol. The number of aromatic amines is 1. The van der Waals surface area contributed by atoms with Crippen LogP contribution in [-0.4, -0.2) is 25.2 Å². The number of nitrogens with zero attached hydrogens (tertiary/aromatic N) is 2. The maximum atomic E-state index is 10.6. The highest BCUT2D eigenvalue weighted by atomic mass is 31.2. The van der Waals surface area contributed by atoms with E-state index in [9.17, 15) is 4.57 Å². The van der Waals surface area contributed by atoms with Crippen LogP contribution >= 0.6 is 7.82 Å². The number of rotatable bonds is 3. The molecule has 0 fully saturated rings. The Morgan fingerprint density at radius 2 is 1.94 bits per heavy atom. The van der Waals surface area contributed by atoms with Crippen molar-refractivity contribution >= 4 is 7.82 Å². The summed E-state index contributed by atoms with van der Waals surface area (Å²) < 4.78 is 15.0. The molecule has 1 aromatic heterocycles. The molecule has 3 N–H and O–H groups in total. The fraction of sp³-hybridized carbons (Fsp3) is 0. The summed E-state index contributed by atoms with van der Waals surface area (Å²) in [6.07, 6.45) is 1.54. The van der Waals surface area contributed by atoms with E-state index in [0.717, 1.165) is 5.56 Å². The highest BCUT2D eigenvalue weighted by Crippen LogP contribution is 2.37.